The molecule has 0 unspecified atom stereocenters. The van der Waals surface area contributed by atoms with Crippen LogP contribution in [0.25, 0.3) is 0 Å². The van der Waals surface area contributed by atoms with E-state index in [9.17, 15) is 0 Å². The molecule has 86 valence electrons. The van der Waals surface area contributed by atoms with E-state index in [1.165, 1.54) is 37.0 Å². The number of nitrogens with one attached hydrogen (secondary N) is 1. The van der Waals surface area contributed by atoms with E-state index in [4.69, 9.17) is 5.73 Å². The second-order valence-corrected chi connectivity index (χ2v) is 4.84. The van der Waals surface area contributed by atoms with Gasteiger partial charge in [0.05, 0.1) is 0 Å². The first-order valence-corrected chi connectivity index (χ1v) is 6.74. The van der Waals surface area contributed by atoms with Gasteiger partial charge in [0.1, 0.15) is 0 Å². The van der Waals surface area contributed by atoms with Gasteiger partial charge in [-0.1, -0.05) is 25.3 Å². The van der Waals surface area contributed by atoms with Crippen LogP contribution in [0.1, 0.15) is 37.0 Å². The summed E-state index contributed by atoms with van der Waals surface area (Å²) in [5, 5.41) is 5.59. The minimum atomic E-state index is 0.844. The molecule has 3 heteroatoms. The molecule has 0 saturated heterocycles. The quantitative estimate of drug-likeness (QED) is 0.635. The van der Waals surface area contributed by atoms with Crippen LogP contribution < -0.4 is 11.1 Å². The van der Waals surface area contributed by atoms with Crippen LogP contribution in [0.2, 0.25) is 0 Å². The molecule has 0 aromatic carbocycles. The second kappa shape index (κ2) is 8.89. The highest BCUT2D eigenvalue weighted by Gasteiger charge is 1.93. The Kier molecular flexibility index (Phi) is 7.52. The van der Waals surface area contributed by atoms with Crippen molar-refractivity contribution in [3.8, 4) is 0 Å². The molecule has 0 fully saturated rings. The number of unbranched alkanes of at least 4 members (excludes halogenated alkanes) is 4. The van der Waals surface area contributed by atoms with Gasteiger partial charge in [0, 0.05) is 11.4 Å². The first-order valence-electron chi connectivity index (χ1n) is 5.86. The van der Waals surface area contributed by atoms with Crippen LogP contribution in [0.3, 0.4) is 0 Å². The maximum absolute atomic E-state index is 5.43. The monoisotopic (exact) mass is 226 g/mol. The van der Waals surface area contributed by atoms with Crippen LogP contribution in [0.4, 0.5) is 0 Å². The third-order valence-corrected chi connectivity index (χ3v) is 3.31. The predicted molar refractivity (Wildman–Crippen MR) is 68.2 cm³/mol. The number of rotatable bonds is 9. The molecule has 0 atom stereocenters. The highest BCUT2D eigenvalue weighted by molar-refractivity contribution is 7.09. The van der Waals surface area contributed by atoms with E-state index < -0.39 is 0 Å². The Balaban J connectivity index is 1.81. The van der Waals surface area contributed by atoms with Crippen molar-refractivity contribution >= 4 is 11.3 Å². The van der Waals surface area contributed by atoms with E-state index in [0.29, 0.717) is 0 Å². The van der Waals surface area contributed by atoms with Gasteiger partial charge < -0.3 is 11.1 Å². The summed E-state index contributed by atoms with van der Waals surface area (Å²) in [7, 11) is 0. The van der Waals surface area contributed by atoms with E-state index in [1.54, 1.807) is 0 Å². The van der Waals surface area contributed by atoms with Gasteiger partial charge in [-0.3, -0.25) is 0 Å². The summed E-state index contributed by atoms with van der Waals surface area (Å²) in [6.45, 7) is 3.01. The Hall–Kier alpha value is -0.380. The Bertz CT molecular complexity index is 222. The smallest absolute Gasteiger partial charge is 0.0299 e. The van der Waals surface area contributed by atoms with Crippen LogP contribution in [-0.4, -0.2) is 13.1 Å². The highest BCUT2D eigenvalue weighted by atomic mass is 32.1. The molecule has 0 saturated carbocycles. The molecular formula is C12H22N2S. The lowest BCUT2D eigenvalue weighted by Crippen LogP contribution is -2.13. The zero-order valence-electron chi connectivity index (χ0n) is 9.37. The maximum atomic E-state index is 5.43. The molecule has 1 rings (SSSR count). The maximum Gasteiger partial charge on any atom is 0.0299 e. The van der Waals surface area contributed by atoms with Crippen molar-refractivity contribution in [2.24, 2.45) is 5.73 Å². The van der Waals surface area contributed by atoms with E-state index in [2.05, 4.69) is 22.8 Å². The van der Waals surface area contributed by atoms with Crippen molar-refractivity contribution in [3.63, 3.8) is 0 Å². The molecule has 0 bridgehead atoms. The van der Waals surface area contributed by atoms with E-state index in [1.807, 2.05) is 11.3 Å². The summed E-state index contributed by atoms with van der Waals surface area (Å²) in [6.07, 6.45) is 6.43. The highest BCUT2D eigenvalue weighted by Crippen LogP contribution is 2.07. The minimum Gasteiger partial charge on any atom is -0.330 e. The van der Waals surface area contributed by atoms with Crippen LogP contribution in [0.15, 0.2) is 17.5 Å². The Morgan fingerprint density at radius 3 is 2.67 bits per heavy atom. The van der Waals surface area contributed by atoms with Crippen LogP contribution in [0, 0.1) is 0 Å². The molecule has 1 aromatic rings. The van der Waals surface area contributed by atoms with Gasteiger partial charge in [0.15, 0.2) is 0 Å². The van der Waals surface area contributed by atoms with E-state index in [0.717, 1.165) is 19.6 Å². The molecular weight excluding hydrogens is 204 g/mol. The Morgan fingerprint density at radius 1 is 1.13 bits per heavy atom. The average Bonchev–Trinajstić information content (AvgIpc) is 2.75. The van der Waals surface area contributed by atoms with Gasteiger partial charge in [-0.25, -0.2) is 0 Å². The first-order chi connectivity index (χ1) is 7.43. The zero-order chi connectivity index (χ0) is 10.8. The van der Waals surface area contributed by atoms with Gasteiger partial charge in [0.2, 0.25) is 0 Å². The van der Waals surface area contributed by atoms with E-state index >= 15 is 0 Å². The van der Waals surface area contributed by atoms with Gasteiger partial charge in [0.25, 0.3) is 0 Å². The summed E-state index contributed by atoms with van der Waals surface area (Å²) < 4.78 is 0. The largest absolute Gasteiger partial charge is 0.330 e. The number of hydrogen-bond acceptors (Lipinski definition) is 3. The SMILES string of the molecule is NCCCCCCCNCc1cccs1. The van der Waals surface area contributed by atoms with Crippen molar-refractivity contribution in [1.29, 1.82) is 0 Å². The molecule has 0 spiro atoms. The minimum absolute atomic E-state index is 0.844. The van der Waals surface area contributed by atoms with Crippen molar-refractivity contribution < 1.29 is 0 Å². The molecule has 0 amide bonds. The second-order valence-electron chi connectivity index (χ2n) is 3.81. The normalized spacial score (nSPS) is 10.7. The summed E-state index contributed by atoms with van der Waals surface area (Å²) in [5.41, 5.74) is 5.43. The molecule has 0 aliphatic carbocycles. The van der Waals surface area contributed by atoms with Gasteiger partial charge in [-0.2, -0.15) is 0 Å². The van der Waals surface area contributed by atoms with Crippen molar-refractivity contribution in [1.82, 2.24) is 5.32 Å². The van der Waals surface area contributed by atoms with Crippen LogP contribution in [-0.2, 0) is 6.54 Å². The topological polar surface area (TPSA) is 38.0 Å². The predicted octanol–water partition coefficient (Wildman–Crippen LogP) is 2.75. The standard InChI is InChI=1S/C12H22N2S/c13-8-4-2-1-3-5-9-14-11-12-7-6-10-15-12/h6-7,10,14H,1-5,8-9,11,13H2. The molecule has 0 aliphatic heterocycles. The van der Waals surface area contributed by atoms with E-state index in [-0.39, 0.29) is 0 Å². The summed E-state index contributed by atoms with van der Waals surface area (Å²) in [5.74, 6) is 0. The molecule has 2 nitrogen and oxygen atoms in total. The van der Waals surface area contributed by atoms with Crippen molar-refractivity contribution in [3.05, 3.63) is 22.4 Å². The lowest BCUT2D eigenvalue weighted by molar-refractivity contribution is 0.579. The molecule has 1 aromatic heterocycles. The van der Waals surface area contributed by atoms with Gasteiger partial charge >= 0.3 is 0 Å². The van der Waals surface area contributed by atoms with Crippen molar-refractivity contribution in [2.75, 3.05) is 13.1 Å². The Labute approximate surface area is 96.9 Å². The average molecular weight is 226 g/mol. The lowest BCUT2D eigenvalue weighted by atomic mass is 10.1. The number of thiophene rings is 1. The Morgan fingerprint density at radius 2 is 1.93 bits per heavy atom. The summed E-state index contributed by atoms with van der Waals surface area (Å²) in [4.78, 5) is 1.43. The molecule has 3 N–H and O–H groups in total. The molecule has 0 aliphatic rings. The number of hydrogen-bond donors (Lipinski definition) is 2. The van der Waals surface area contributed by atoms with Crippen LogP contribution in [0.5, 0.6) is 0 Å². The van der Waals surface area contributed by atoms with Crippen LogP contribution >= 0.6 is 11.3 Å². The lowest BCUT2D eigenvalue weighted by Gasteiger charge is -2.02. The van der Waals surface area contributed by atoms with Gasteiger partial charge in [-0.05, 0) is 37.4 Å². The fourth-order valence-electron chi connectivity index (χ4n) is 1.55. The molecule has 1 heterocycles. The first kappa shape index (κ1) is 12.7. The zero-order valence-corrected chi connectivity index (χ0v) is 10.2. The fourth-order valence-corrected chi connectivity index (χ4v) is 2.22. The third kappa shape index (κ3) is 6.66. The summed E-state index contributed by atoms with van der Waals surface area (Å²) in [6, 6.07) is 4.29. The van der Waals surface area contributed by atoms with Crippen molar-refractivity contribution in [2.45, 2.75) is 38.6 Å². The fraction of sp³-hybridized carbons (Fsp3) is 0.667. The molecule has 0 radical (unpaired) electrons. The number of nitrogens with two attached hydrogens (primary N) is 1. The van der Waals surface area contributed by atoms with Gasteiger partial charge in [-0.15, -0.1) is 11.3 Å². The summed E-state index contributed by atoms with van der Waals surface area (Å²) >= 11 is 1.82. The third-order valence-electron chi connectivity index (χ3n) is 2.44. The molecule has 15 heavy (non-hydrogen) atoms.